The summed E-state index contributed by atoms with van der Waals surface area (Å²) in [6.45, 7) is 12.0. The number of carbonyl (C=O) groups is 1. The zero-order valence-electron chi connectivity index (χ0n) is 22.0. The van der Waals surface area contributed by atoms with E-state index < -0.39 is 0 Å². The van der Waals surface area contributed by atoms with Gasteiger partial charge in [0.2, 0.25) is 0 Å². The molecule has 0 aliphatic rings. The smallest absolute Gasteiger partial charge is 0.251 e. The zero-order valence-corrected chi connectivity index (χ0v) is 22.0. The fourth-order valence-corrected chi connectivity index (χ4v) is 4.59. The van der Waals surface area contributed by atoms with Gasteiger partial charge in [-0.2, -0.15) is 0 Å². The van der Waals surface area contributed by atoms with E-state index in [4.69, 9.17) is 9.72 Å². The standard InChI is InChI=1S/C31H37N3O2/c1-21(2)26-16-15-23(4)20-29(26)36-18-9-8-17-34-28-14-7-6-13-27(28)33-30(34)24(5)32-31(35)25-12-10-11-22(3)19-25/h6-7,10-16,19-21,24H,8-9,17-18H2,1-5H3,(H,32,35). The average Bonchev–Trinajstić information content (AvgIpc) is 3.22. The lowest BCUT2D eigenvalue weighted by Crippen LogP contribution is -2.28. The summed E-state index contributed by atoms with van der Waals surface area (Å²) in [5.41, 5.74) is 6.23. The Bertz CT molecular complexity index is 1340. The predicted octanol–water partition coefficient (Wildman–Crippen LogP) is 7.13. The monoisotopic (exact) mass is 483 g/mol. The number of carbonyl (C=O) groups excluding carboxylic acids is 1. The van der Waals surface area contributed by atoms with Gasteiger partial charge in [-0.3, -0.25) is 4.79 Å². The van der Waals surface area contributed by atoms with Gasteiger partial charge in [0.15, 0.2) is 0 Å². The first-order valence-electron chi connectivity index (χ1n) is 12.9. The summed E-state index contributed by atoms with van der Waals surface area (Å²) in [6.07, 6.45) is 1.89. The number of unbranched alkanes of at least 4 members (excludes halogenated alkanes) is 1. The summed E-state index contributed by atoms with van der Waals surface area (Å²) in [5.74, 6) is 2.21. The quantitative estimate of drug-likeness (QED) is 0.244. The molecule has 1 atom stereocenters. The molecule has 0 saturated heterocycles. The SMILES string of the molecule is Cc1cccc(C(=O)NC(C)c2nc3ccccc3n2CCCCOc2cc(C)ccc2C(C)C)c1. The number of nitrogens with one attached hydrogen (secondary N) is 1. The molecule has 0 aliphatic carbocycles. The Morgan fingerprint density at radius 1 is 0.944 bits per heavy atom. The predicted molar refractivity (Wildman–Crippen MR) is 147 cm³/mol. The highest BCUT2D eigenvalue weighted by atomic mass is 16.5. The Morgan fingerprint density at radius 2 is 1.72 bits per heavy atom. The first-order valence-corrected chi connectivity index (χ1v) is 12.9. The number of amides is 1. The van der Waals surface area contributed by atoms with E-state index in [0.29, 0.717) is 18.1 Å². The number of benzene rings is 3. The molecule has 1 heterocycles. The second kappa shape index (κ2) is 11.4. The van der Waals surface area contributed by atoms with Crippen LogP contribution in [0.25, 0.3) is 11.0 Å². The van der Waals surface area contributed by atoms with Gasteiger partial charge in [0.05, 0.1) is 23.7 Å². The Morgan fingerprint density at radius 3 is 2.50 bits per heavy atom. The Hall–Kier alpha value is -3.60. The molecule has 1 amide bonds. The number of fused-ring (bicyclic) bond motifs is 1. The Labute approximate surface area is 214 Å². The minimum atomic E-state index is -0.220. The van der Waals surface area contributed by atoms with Crippen molar-refractivity contribution in [1.29, 1.82) is 0 Å². The zero-order chi connectivity index (χ0) is 25.7. The van der Waals surface area contributed by atoms with Gasteiger partial charge >= 0.3 is 0 Å². The number of hydrogen-bond acceptors (Lipinski definition) is 3. The van der Waals surface area contributed by atoms with E-state index in [1.54, 1.807) is 0 Å². The number of aromatic nitrogens is 2. The Balaban J connectivity index is 1.43. The van der Waals surface area contributed by atoms with Crippen LogP contribution in [-0.2, 0) is 6.54 Å². The molecule has 5 nitrogen and oxygen atoms in total. The van der Waals surface area contributed by atoms with Crippen molar-refractivity contribution in [1.82, 2.24) is 14.9 Å². The molecular weight excluding hydrogens is 446 g/mol. The molecule has 4 aromatic rings. The van der Waals surface area contributed by atoms with Crippen LogP contribution in [-0.4, -0.2) is 22.1 Å². The topological polar surface area (TPSA) is 56.2 Å². The number of ether oxygens (including phenoxy) is 1. The number of para-hydroxylation sites is 2. The van der Waals surface area contributed by atoms with Gasteiger partial charge in [0.1, 0.15) is 11.6 Å². The van der Waals surface area contributed by atoms with E-state index in [2.05, 4.69) is 54.9 Å². The van der Waals surface area contributed by atoms with Gasteiger partial charge in [-0.25, -0.2) is 4.98 Å². The number of nitrogens with zero attached hydrogens (tertiary/aromatic N) is 2. The van der Waals surface area contributed by atoms with Gasteiger partial charge in [0.25, 0.3) is 5.91 Å². The maximum absolute atomic E-state index is 12.9. The van der Waals surface area contributed by atoms with E-state index in [0.717, 1.165) is 47.6 Å². The van der Waals surface area contributed by atoms with Crippen LogP contribution in [0.1, 0.15) is 78.4 Å². The molecule has 4 rings (SSSR count). The molecule has 0 bridgehead atoms. The molecule has 36 heavy (non-hydrogen) atoms. The molecule has 3 aromatic carbocycles. The van der Waals surface area contributed by atoms with Gasteiger partial charge in [-0.15, -0.1) is 0 Å². The second-order valence-corrected chi connectivity index (χ2v) is 9.93. The van der Waals surface area contributed by atoms with Crippen molar-refractivity contribution in [3.05, 3.63) is 94.8 Å². The van der Waals surface area contributed by atoms with Crippen LogP contribution in [0.2, 0.25) is 0 Å². The summed E-state index contributed by atoms with van der Waals surface area (Å²) in [4.78, 5) is 17.8. The van der Waals surface area contributed by atoms with Crippen LogP contribution in [0.15, 0.2) is 66.7 Å². The van der Waals surface area contributed by atoms with Crippen LogP contribution in [0, 0.1) is 13.8 Å². The molecule has 1 N–H and O–H groups in total. The van der Waals surface area contributed by atoms with Crippen molar-refractivity contribution in [2.24, 2.45) is 0 Å². The largest absolute Gasteiger partial charge is 0.493 e. The number of hydrogen-bond donors (Lipinski definition) is 1. The highest BCUT2D eigenvalue weighted by molar-refractivity contribution is 5.94. The van der Waals surface area contributed by atoms with E-state index in [1.807, 2.05) is 56.3 Å². The summed E-state index contributed by atoms with van der Waals surface area (Å²) in [5, 5.41) is 3.14. The van der Waals surface area contributed by atoms with Crippen LogP contribution < -0.4 is 10.1 Å². The van der Waals surface area contributed by atoms with Crippen molar-refractivity contribution in [2.45, 2.75) is 66.0 Å². The first-order chi connectivity index (χ1) is 17.3. The van der Waals surface area contributed by atoms with Gasteiger partial charge in [-0.05, 0) is 81.0 Å². The van der Waals surface area contributed by atoms with E-state index >= 15 is 0 Å². The summed E-state index contributed by atoms with van der Waals surface area (Å²) in [7, 11) is 0. The highest BCUT2D eigenvalue weighted by Crippen LogP contribution is 2.28. The fourth-order valence-electron chi connectivity index (χ4n) is 4.59. The molecule has 188 valence electrons. The summed E-state index contributed by atoms with van der Waals surface area (Å²) < 4.78 is 8.43. The summed E-state index contributed by atoms with van der Waals surface area (Å²) in [6, 6.07) is 22.0. The molecule has 0 aliphatic heterocycles. The molecule has 5 heteroatoms. The van der Waals surface area contributed by atoms with E-state index in [1.165, 1.54) is 11.1 Å². The molecule has 1 unspecified atom stereocenters. The third-order valence-electron chi connectivity index (χ3n) is 6.52. The summed E-state index contributed by atoms with van der Waals surface area (Å²) >= 11 is 0. The first kappa shape index (κ1) is 25.5. The minimum absolute atomic E-state index is 0.0858. The number of imidazole rings is 1. The van der Waals surface area contributed by atoms with Crippen molar-refractivity contribution in [3.63, 3.8) is 0 Å². The molecule has 0 fully saturated rings. The minimum Gasteiger partial charge on any atom is -0.493 e. The Kier molecular flexibility index (Phi) is 8.09. The van der Waals surface area contributed by atoms with Crippen LogP contribution >= 0.6 is 0 Å². The van der Waals surface area contributed by atoms with Crippen molar-refractivity contribution < 1.29 is 9.53 Å². The third-order valence-corrected chi connectivity index (χ3v) is 6.52. The van der Waals surface area contributed by atoms with Crippen molar-refractivity contribution >= 4 is 16.9 Å². The fraction of sp³-hybridized carbons (Fsp3) is 0.355. The van der Waals surface area contributed by atoms with Crippen LogP contribution in [0.5, 0.6) is 5.75 Å². The third kappa shape index (κ3) is 5.96. The van der Waals surface area contributed by atoms with Crippen LogP contribution in [0.3, 0.4) is 0 Å². The highest BCUT2D eigenvalue weighted by Gasteiger charge is 2.19. The lowest BCUT2D eigenvalue weighted by Gasteiger charge is -2.17. The average molecular weight is 484 g/mol. The molecule has 1 aromatic heterocycles. The number of aryl methyl sites for hydroxylation is 3. The molecular formula is C31H37N3O2. The maximum atomic E-state index is 12.9. The molecule has 0 radical (unpaired) electrons. The normalized spacial score (nSPS) is 12.2. The maximum Gasteiger partial charge on any atom is 0.251 e. The van der Waals surface area contributed by atoms with Crippen molar-refractivity contribution in [3.8, 4) is 5.75 Å². The van der Waals surface area contributed by atoms with Crippen LogP contribution in [0.4, 0.5) is 0 Å². The van der Waals surface area contributed by atoms with E-state index in [9.17, 15) is 4.79 Å². The van der Waals surface area contributed by atoms with E-state index in [-0.39, 0.29) is 11.9 Å². The van der Waals surface area contributed by atoms with Gasteiger partial charge < -0.3 is 14.6 Å². The second-order valence-electron chi connectivity index (χ2n) is 9.93. The number of rotatable bonds is 10. The lowest BCUT2D eigenvalue weighted by molar-refractivity contribution is 0.0937. The van der Waals surface area contributed by atoms with Gasteiger partial charge in [-0.1, -0.05) is 55.8 Å². The van der Waals surface area contributed by atoms with Crippen molar-refractivity contribution in [2.75, 3.05) is 6.61 Å². The lowest BCUT2D eigenvalue weighted by atomic mass is 10.0. The van der Waals surface area contributed by atoms with Gasteiger partial charge in [0, 0.05) is 12.1 Å². The molecule has 0 spiro atoms. The molecule has 0 saturated carbocycles.